The number of hydrogen-bond acceptors (Lipinski definition) is 5. The van der Waals surface area contributed by atoms with Gasteiger partial charge in [0.05, 0.1) is 17.9 Å². The molecule has 0 saturated carbocycles. The van der Waals surface area contributed by atoms with Crippen molar-refractivity contribution in [1.29, 1.82) is 0 Å². The molecule has 2 bridgehead atoms. The van der Waals surface area contributed by atoms with Crippen LogP contribution in [0.4, 0.5) is 5.13 Å². The zero-order valence-electron chi connectivity index (χ0n) is 11.1. The lowest BCUT2D eigenvalue weighted by Crippen LogP contribution is -2.42. The second kappa shape index (κ2) is 5.15. The third-order valence-electron chi connectivity index (χ3n) is 3.78. The molecule has 3 rings (SSSR count). The molecule has 2 aliphatic rings. The van der Waals surface area contributed by atoms with E-state index < -0.39 is 0 Å². The van der Waals surface area contributed by atoms with Gasteiger partial charge < -0.3 is 15.0 Å². The average Bonchev–Trinajstić information content (AvgIpc) is 2.97. The van der Waals surface area contributed by atoms with Crippen molar-refractivity contribution in [2.75, 3.05) is 24.5 Å². The maximum Gasteiger partial charge on any atom is 0.185 e. The van der Waals surface area contributed by atoms with Crippen LogP contribution < -0.4 is 10.2 Å². The van der Waals surface area contributed by atoms with E-state index in [0.717, 1.165) is 30.5 Å². The van der Waals surface area contributed by atoms with E-state index in [2.05, 4.69) is 29.4 Å². The molecule has 1 aromatic rings. The van der Waals surface area contributed by atoms with Gasteiger partial charge >= 0.3 is 0 Å². The number of aromatic nitrogens is 1. The van der Waals surface area contributed by atoms with Crippen molar-refractivity contribution in [1.82, 2.24) is 10.3 Å². The first-order chi connectivity index (χ1) is 8.76. The van der Waals surface area contributed by atoms with Gasteiger partial charge in [-0.3, -0.25) is 0 Å². The standard InChI is InChI=1S/C13H21N3OS/c1-3-14-9(2)12-8-18-13(15-12)16-6-10-4-5-11(7-16)17-10/h8-11,14H,3-7H2,1-2H3. The Morgan fingerprint density at radius 2 is 2.22 bits per heavy atom. The van der Waals surface area contributed by atoms with Gasteiger partial charge in [-0.15, -0.1) is 11.3 Å². The molecule has 0 radical (unpaired) electrons. The molecule has 18 heavy (non-hydrogen) atoms. The third kappa shape index (κ3) is 2.39. The third-order valence-corrected chi connectivity index (χ3v) is 4.70. The minimum atomic E-state index is 0.345. The van der Waals surface area contributed by atoms with E-state index in [9.17, 15) is 0 Å². The van der Waals surface area contributed by atoms with Crippen molar-refractivity contribution in [3.8, 4) is 0 Å². The molecule has 2 fully saturated rings. The van der Waals surface area contributed by atoms with Crippen molar-refractivity contribution >= 4 is 16.5 Å². The summed E-state index contributed by atoms with van der Waals surface area (Å²) in [6.07, 6.45) is 3.30. The van der Waals surface area contributed by atoms with Crippen LogP contribution in [0.2, 0.25) is 0 Å². The number of morpholine rings is 1. The van der Waals surface area contributed by atoms with Crippen LogP contribution in [0.1, 0.15) is 38.4 Å². The Morgan fingerprint density at radius 3 is 2.89 bits per heavy atom. The molecule has 5 heteroatoms. The maximum absolute atomic E-state index is 5.86. The summed E-state index contributed by atoms with van der Waals surface area (Å²) in [7, 11) is 0. The smallest absolute Gasteiger partial charge is 0.185 e. The number of anilines is 1. The van der Waals surface area contributed by atoms with Crippen LogP contribution >= 0.6 is 11.3 Å². The van der Waals surface area contributed by atoms with Crippen LogP contribution in [0.3, 0.4) is 0 Å². The van der Waals surface area contributed by atoms with E-state index in [1.165, 1.54) is 12.8 Å². The number of nitrogens with one attached hydrogen (secondary N) is 1. The molecule has 0 spiro atoms. The fourth-order valence-corrected chi connectivity index (χ4v) is 3.74. The summed E-state index contributed by atoms with van der Waals surface area (Å²) >= 11 is 1.76. The highest BCUT2D eigenvalue weighted by molar-refractivity contribution is 7.13. The lowest BCUT2D eigenvalue weighted by molar-refractivity contribution is 0.0305. The van der Waals surface area contributed by atoms with Crippen molar-refractivity contribution < 1.29 is 4.74 Å². The van der Waals surface area contributed by atoms with E-state index in [4.69, 9.17) is 9.72 Å². The van der Waals surface area contributed by atoms with Crippen LogP contribution in [-0.2, 0) is 4.74 Å². The minimum Gasteiger partial charge on any atom is -0.371 e. The number of ether oxygens (including phenoxy) is 1. The SMILES string of the molecule is CCNC(C)c1csc(N2CC3CCC(C2)O3)n1. The predicted molar refractivity (Wildman–Crippen MR) is 74.3 cm³/mol. The molecule has 3 atom stereocenters. The van der Waals surface area contributed by atoms with Gasteiger partial charge in [-0.1, -0.05) is 6.92 Å². The van der Waals surface area contributed by atoms with E-state index >= 15 is 0 Å². The van der Waals surface area contributed by atoms with Crippen molar-refractivity contribution in [2.45, 2.75) is 44.9 Å². The molecular formula is C13H21N3OS. The predicted octanol–water partition coefficient (Wildman–Crippen LogP) is 2.18. The molecule has 2 aliphatic heterocycles. The molecule has 3 heterocycles. The summed E-state index contributed by atoms with van der Waals surface area (Å²) in [5.41, 5.74) is 1.16. The summed E-state index contributed by atoms with van der Waals surface area (Å²) in [6, 6.07) is 0.345. The zero-order chi connectivity index (χ0) is 12.5. The Hall–Kier alpha value is -0.650. The van der Waals surface area contributed by atoms with Crippen LogP contribution in [0.25, 0.3) is 0 Å². The van der Waals surface area contributed by atoms with E-state index in [1.807, 2.05) is 0 Å². The Balaban J connectivity index is 1.69. The highest BCUT2D eigenvalue weighted by atomic mass is 32.1. The quantitative estimate of drug-likeness (QED) is 0.907. The van der Waals surface area contributed by atoms with Gasteiger partial charge in [0.15, 0.2) is 5.13 Å². The topological polar surface area (TPSA) is 37.4 Å². The normalized spacial score (nSPS) is 28.7. The average molecular weight is 267 g/mol. The molecule has 1 N–H and O–H groups in total. The fourth-order valence-electron chi connectivity index (χ4n) is 2.80. The molecular weight excluding hydrogens is 246 g/mol. The van der Waals surface area contributed by atoms with Crippen molar-refractivity contribution in [3.63, 3.8) is 0 Å². The van der Waals surface area contributed by atoms with Gasteiger partial charge in [0.1, 0.15) is 0 Å². The number of nitrogens with zero attached hydrogens (tertiary/aromatic N) is 2. The molecule has 1 aromatic heterocycles. The van der Waals surface area contributed by atoms with Gasteiger partial charge in [0.25, 0.3) is 0 Å². The second-order valence-corrected chi connectivity index (χ2v) is 6.03. The van der Waals surface area contributed by atoms with Gasteiger partial charge in [-0.2, -0.15) is 0 Å². The summed E-state index contributed by atoms with van der Waals surface area (Å²) < 4.78 is 5.86. The van der Waals surface area contributed by atoms with Crippen LogP contribution in [-0.4, -0.2) is 36.8 Å². The lowest BCUT2D eigenvalue weighted by Gasteiger charge is -2.31. The Bertz CT molecular complexity index is 397. The van der Waals surface area contributed by atoms with Gasteiger partial charge in [0.2, 0.25) is 0 Å². The first-order valence-corrected chi connectivity index (χ1v) is 7.73. The van der Waals surface area contributed by atoms with Crippen LogP contribution in [0, 0.1) is 0 Å². The Labute approximate surface area is 112 Å². The number of rotatable bonds is 4. The molecule has 0 aliphatic carbocycles. The monoisotopic (exact) mass is 267 g/mol. The Morgan fingerprint density at radius 1 is 1.50 bits per heavy atom. The van der Waals surface area contributed by atoms with Crippen LogP contribution in [0.15, 0.2) is 5.38 Å². The fraction of sp³-hybridized carbons (Fsp3) is 0.769. The summed E-state index contributed by atoms with van der Waals surface area (Å²) in [5, 5.41) is 6.75. The van der Waals surface area contributed by atoms with Crippen LogP contribution in [0.5, 0.6) is 0 Å². The van der Waals surface area contributed by atoms with Gasteiger partial charge in [-0.25, -0.2) is 4.98 Å². The van der Waals surface area contributed by atoms with E-state index in [1.54, 1.807) is 11.3 Å². The van der Waals surface area contributed by atoms with Gasteiger partial charge in [-0.05, 0) is 26.3 Å². The molecule has 4 nitrogen and oxygen atoms in total. The Kier molecular flexibility index (Phi) is 3.54. The minimum absolute atomic E-state index is 0.345. The summed E-state index contributed by atoms with van der Waals surface area (Å²) in [6.45, 7) is 7.31. The molecule has 0 amide bonds. The molecule has 0 aromatic carbocycles. The highest BCUT2D eigenvalue weighted by Crippen LogP contribution is 2.32. The summed E-state index contributed by atoms with van der Waals surface area (Å²) in [5.74, 6) is 0. The maximum atomic E-state index is 5.86. The lowest BCUT2D eigenvalue weighted by atomic mass is 10.2. The zero-order valence-corrected chi connectivity index (χ0v) is 11.9. The first kappa shape index (κ1) is 12.4. The molecule has 100 valence electrons. The van der Waals surface area contributed by atoms with E-state index in [-0.39, 0.29) is 0 Å². The number of hydrogen-bond donors (Lipinski definition) is 1. The first-order valence-electron chi connectivity index (χ1n) is 6.85. The van der Waals surface area contributed by atoms with Gasteiger partial charge in [0, 0.05) is 24.5 Å². The number of fused-ring (bicyclic) bond motifs is 2. The summed E-state index contributed by atoms with van der Waals surface area (Å²) in [4.78, 5) is 7.18. The molecule has 3 unspecified atom stereocenters. The second-order valence-electron chi connectivity index (χ2n) is 5.20. The largest absolute Gasteiger partial charge is 0.371 e. The number of thiazole rings is 1. The van der Waals surface area contributed by atoms with Crippen molar-refractivity contribution in [3.05, 3.63) is 11.1 Å². The van der Waals surface area contributed by atoms with Crippen molar-refractivity contribution in [2.24, 2.45) is 0 Å². The highest BCUT2D eigenvalue weighted by Gasteiger charge is 2.34. The van der Waals surface area contributed by atoms with E-state index in [0.29, 0.717) is 18.2 Å². The molecule has 2 saturated heterocycles.